The number of nitrogens with two attached hydrogens (primary N) is 1. The molecule has 1 aromatic carbocycles. The minimum atomic E-state index is -0.448. The summed E-state index contributed by atoms with van der Waals surface area (Å²) in [6.07, 6.45) is 1.95. The highest BCUT2D eigenvalue weighted by molar-refractivity contribution is 5.96. The van der Waals surface area contributed by atoms with Gasteiger partial charge in [-0.1, -0.05) is 25.7 Å². The van der Waals surface area contributed by atoms with Crippen molar-refractivity contribution in [3.63, 3.8) is 0 Å². The Labute approximate surface area is 119 Å². The smallest absolute Gasteiger partial charge is 0.252 e. The van der Waals surface area contributed by atoms with E-state index >= 15 is 0 Å². The number of rotatable bonds is 5. The van der Waals surface area contributed by atoms with E-state index in [9.17, 15) is 9.18 Å². The molecule has 0 aliphatic carbocycles. The van der Waals surface area contributed by atoms with Crippen LogP contribution in [0, 0.1) is 23.6 Å². The summed E-state index contributed by atoms with van der Waals surface area (Å²) in [6, 6.07) is 4.00. The molecule has 0 aliphatic heterocycles. The molecule has 0 fully saturated rings. The lowest BCUT2D eigenvalue weighted by molar-refractivity contribution is 0.0952. The Morgan fingerprint density at radius 3 is 2.85 bits per heavy atom. The standard InChI is InChI=1S/C16H21FN2O/c1-12(2)5-4-10-19-16(20)15-11-14(17)8-7-13(15)6-3-9-18/h7-8,11-12H,4-5,9-10,18H2,1-2H3,(H,19,20). The van der Waals surface area contributed by atoms with Gasteiger partial charge in [-0.05, 0) is 37.0 Å². The lowest BCUT2D eigenvalue weighted by Gasteiger charge is -2.08. The summed E-state index contributed by atoms with van der Waals surface area (Å²) in [5.74, 6) is 5.32. The minimum absolute atomic E-state index is 0.201. The maximum absolute atomic E-state index is 13.3. The third-order valence-corrected chi connectivity index (χ3v) is 2.80. The largest absolute Gasteiger partial charge is 0.352 e. The first-order valence-corrected chi connectivity index (χ1v) is 6.81. The van der Waals surface area contributed by atoms with Gasteiger partial charge in [-0.3, -0.25) is 4.79 Å². The van der Waals surface area contributed by atoms with Gasteiger partial charge < -0.3 is 11.1 Å². The van der Waals surface area contributed by atoms with Crippen molar-refractivity contribution >= 4 is 5.91 Å². The Kier molecular flexibility index (Phi) is 6.75. The van der Waals surface area contributed by atoms with Crippen LogP contribution in [0.15, 0.2) is 18.2 Å². The summed E-state index contributed by atoms with van der Waals surface area (Å²) in [6.45, 7) is 5.05. The Morgan fingerprint density at radius 2 is 2.20 bits per heavy atom. The SMILES string of the molecule is CC(C)CCCNC(=O)c1cc(F)ccc1C#CCN. The zero-order chi connectivity index (χ0) is 15.0. The van der Waals surface area contributed by atoms with E-state index in [0.29, 0.717) is 18.0 Å². The molecular weight excluding hydrogens is 255 g/mol. The molecular formula is C16H21FN2O. The van der Waals surface area contributed by atoms with E-state index in [0.717, 1.165) is 12.8 Å². The fourth-order valence-corrected chi connectivity index (χ4v) is 1.77. The zero-order valence-electron chi connectivity index (χ0n) is 12.0. The molecule has 4 heteroatoms. The monoisotopic (exact) mass is 276 g/mol. The molecule has 0 unspecified atom stereocenters. The third kappa shape index (κ3) is 5.41. The molecule has 3 nitrogen and oxygen atoms in total. The number of hydrogen-bond donors (Lipinski definition) is 2. The number of nitrogens with one attached hydrogen (secondary N) is 1. The molecule has 1 aromatic rings. The van der Waals surface area contributed by atoms with Crippen molar-refractivity contribution in [1.29, 1.82) is 0 Å². The van der Waals surface area contributed by atoms with Crippen LogP contribution in [0.2, 0.25) is 0 Å². The van der Waals surface area contributed by atoms with Crippen LogP contribution in [-0.4, -0.2) is 19.0 Å². The van der Waals surface area contributed by atoms with E-state index in [1.54, 1.807) is 0 Å². The Hall–Kier alpha value is -1.86. The van der Waals surface area contributed by atoms with Crippen molar-refractivity contribution in [2.75, 3.05) is 13.1 Å². The van der Waals surface area contributed by atoms with Crippen LogP contribution in [0.4, 0.5) is 4.39 Å². The molecule has 0 saturated carbocycles. The zero-order valence-corrected chi connectivity index (χ0v) is 12.0. The molecule has 0 radical (unpaired) electrons. The van der Waals surface area contributed by atoms with E-state index in [-0.39, 0.29) is 18.0 Å². The van der Waals surface area contributed by atoms with E-state index < -0.39 is 5.82 Å². The molecule has 20 heavy (non-hydrogen) atoms. The fraction of sp³-hybridized carbons (Fsp3) is 0.438. The first-order chi connectivity index (χ1) is 9.54. The molecule has 1 rings (SSSR count). The van der Waals surface area contributed by atoms with Crippen molar-refractivity contribution in [2.24, 2.45) is 11.7 Å². The predicted molar refractivity (Wildman–Crippen MR) is 78.7 cm³/mol. The van der Waals surface area contributed by atoms with Gasteiger partial charge >= 0.3 is 0 Å². The summed E-state index contributed by atoms with van der Waals surface area (Å²) in [4.78, 5) is 12.0. The molecule has 0 spiro atoms. The second-order valence-corrected chi connectivity index (χ2v) is 4.99. The Bertz CT molecular complexity index is 515. The summed E-state index contributed by atoms with van der Waals surface area (Å²) in [7, 11) is 0. The second-order valence-electron chi connectivity index (χ2n) is 4.99. The van der Waals surface area contributed by atoms with Gasteiger partial charge in [0.1, 0.15) is 5.82 Å². The van der Waals surface area contributed by atoms with Gasteiger partial charge in [0.25, 0.3) is 5.91 Å². The van der Waals surface area contributed by atoms with Crippen molar-refractivity contribution in [3.05, 3.63) is 35.1 Å². The highest BCUT2D eigenvalue weighted by atomic mass is 19.1. The van der Waals surface area contributed by atoms with E-state index in [4.69, 9.17) is 5.73 Å². The van der Waals surface area contributed by atoms with Gasteiger partial charge in [0.2, 0.25) is 0 Å². The van der Waals surface area contributed by atoms with Gasteiger partial charge in [0.15, 0.2) is 0 Å². The Morgan fingerprint density at radius 1 is 1.45 bits per heavy atom. The molecule has 0 saturated heterocycles. The van der Waals surface area contributed by atoms with Gasteiger partial charge in [-0.15, -0.1) is 0 Å². The fourth-order valence-electron chi connectivity index (χ4n) is 1.77. The maximum atomic E-state index is 13.3. The van der Waals surface area contributed by atoms with Crippen LogP contribution in [0.1, 0.15) is 42.6 Å². The average Bonchev–Trinajstić information content (AvgIpc) is 2.41. The third-order valence-electron chi connectivity index (χ3n) is 2.80. The number of hydrogen-bond acceptors (Lipinski definition) is 2. The number of carbonyl (C=O) groups is 1. The summed E-state index contributed by atoms with van der Waals surface area (Å²) in [5.41, 5.74) is 6.07. The normalized spacial score (nSPS) is 10.1. The summed E-state index contributed by atoms with van der Waals surface area (Å²) in [5, 5.41) is 2.79. The van der Waals surface area contributed by atoms with Crippen LogP contribution in [0.5, 0.6) is 0 Å². The summed E-state index contributed by atoms with van der Waals surface area (Å²) >= 11 is 0. The van der Waals surface area contributed by atoms with Crippen molar-refractivity contribution in [1.82, 2.24) is 5.32 Å². The molecule has 1 amide bonds. The molecule has 0 aliphatic rings. The lowest BCUT2D eigenvalue weighted by atomic mass is 10.1. The molecule has 108 valence electrons. The van der Waals surface area contributed by atoms with Gasteiger partial charge in [0.05, 0.1) is 12.1 Å². The highest BCUT2D eigenvalue weighted by Gasteiger charge is 2.11. The topological polar surface area (TPSA) is 55.1 Å². The predicted octanol–water partition coefficient (Wildman–Crippen LogP) is 2.30. The summed E-state index contributed by atoms with van der Waals surface area (Å²) < 4.78 is 13.3. The van der Waals surface area contributed by atoms with Crippen molar-refractivity contribution < 1.29 is 9.18 Å². The van der Waals surface area contributed by atoms with Crippen LogP contribution < -0.4 is 11.1 Å². The van der Waals surface area contributed by atoms with E-state index in [1.165, 1.54) is 18.2 Å². The van der Waals surface area contributed by atoms with Crippen LogP contribution in [0.25, 0.3) is 0 Å². The van der Waals surface area contributed by atoms with Crippen LogP contribution in [0.3, 0.4) is 0 Å². The van der Waals surface area contributed by atoms with E-state index in [1.807, 2.05) is 0 Å². The van der Waals surface area contributed by atoms with Crippen molar-refractivity contribution in [2.45, 2.75) is 26.7 Å². The van der Waals surface area contributed by atoms with Crippen LogP contribution >= 0.6 is 0 Å². The quantitative estimate of drug-likeness (QED) is 0.640. The van der Waals surface area contributed by atoms with Gasteiger partial charge in [-0.2, -0.15) is 0 Å². The maximum Gasteiger partial charge on any atom is 0.252 e. The minimum Gasteiger partial charge on any atom is -0.352 e. The van der Waals surface area contributed by atoms with Crippen LogP contribution in [-0.2, 0) is 0 Å². The second kappa shape index (κ2) is 8.34. The molecule has 3 N–H and O–H groups in total. The molecule has 0 bridgehead atoms. The average molecular weight is 276 g/mol. The molecule has 0 heterocycles. The number of carbonyl (C=O) groups excluding carboxylic acids is 1. The van der Waals surface area contributed by atoms with Gasteiger partial charge in [0, 0.05) is 12.1 Å². The number of halogens is 1. The first-order valence-electron chi connectivity index (χ1n) is 6.81. The first kappa shape index (κ1) is 16.2. The Balaban J connectivity index is 2.73. The van der Waals surface area contributed by atoms with Crippen molar-refractivity contribution in [3.8, 4) is 11.8 Å². The van der Waals surface area contributed by atoms with Gasteiger partial charge in [-0.25, -0.2) is 4.39 Å². The lowest BCUT2D eigenvalue weighted by Crippen LogP contribution is -2.25. The number of benzene rings is 1. The number of amides is 1. The molecule has 0 aromatic heterocycles. The van der Waals surface area contributed by atoms with E-state index in [2.05, 4.69) is 31.0 Å². The highest BCUT2D eigenvalue weighted by Crippen LogP contribution is 2.11. The molecule has 0 atom stereocenters.